The van der Waals surface area contributed by atoms with E-state index in [4.69, 9.17) is 23.2 Å². The minimum Gasteiger partial charge on any atom is -0.331 e. The topological polar surface area (TPSA) is 34.9 Å². The number of carbonyl (C=O) groups excluding carboxylic acids is 1. The SMILES string of the molecule is Cn1ccnc1C(=O)c1c(Cl)cccc1Cl. The smallest absolute Gasteiger partial charge is 0.231 e. The number of benzene rings is 1. The van der Waals surface area contributed by atoms with Crippen LogP contribution in [-0.2, 0) is 7.05 Å². The predicted molar refractivity (Wildman–Crippen MR) is 63.1 cm³/mol. The highest BCUT2D eigenvalue weighted by Gasteiger charge is 2.19. The Kier molecular flexibility index (Phi) is 2.99. The molecule has 0 saturated heterocycles. The summed E-state index contributed by atoms with van der Waals surface area (Å²) in [5.74, 6) is 0.0399. The molecule has 0 saturated carbocycles. The molecule has 2 rings (SSSR count). The molecule has 1 aromatic carbocycles. The van der Waals surface area contributed by atoms with E-state index in [0.29, 0.717) is 21.4 Å². The van der Waals surface area contributed by atoms with Crippen molar-refractivity contribution in [2.75, 3.05) is 0 Å². The second-order valence-electron chi connectivity index (χ2n) is 3.29. The van der Waals surface area contributed by atoms with Crippen LogP contribution in [-0.4, -0.2) is 15.3 Å². The molecule has 82 valence electrons. The molecule has 0 fully saturated rings. The standard InChI is InChI=1S/C11H8Cl2N2O/c1-15-6-5-14-11(15)10(16)9-7(12)3-2-4-8(9)13/h2-6H,1H3. The monoisotopic (exact) mass is 254 g/mol. The number of hydrogen-bond acceptors (Lipinski definition) is 2. The number of imidazole rings is 1. The lowest BCUT2D eigenvalue weighted by Crippen LogP contribution is -2.09. The number of aromatic nitrogens is 2. The molecule has 0 radical (unpaired) electrons. The van der Waals surface area contributed by atoms with Gasteiger partial charge in [0.15, 0.2) is 5.82 Å². The molecule has 0 bridgehead atoms. The summed E-state index contributed by atoms with van der Waals surface area (Å²) in [4.78, 5) is 16.1. The van der Waals surface area contributed by atoms with Crippen molar-refractivity contribution in [1.82, 2.24) is 9.55 Å². The van der Waals surface area contributed by atoms with Crippen LogP contribution in [0.2, 0.25) is 10.0 Å². The summed E-state index contributed by atoms with van der Waals surface area (Å²) in [5, 5.41) is 0.668. The Morgan fingerprint density at radius 1 is 1.31 bits per heavy atom. The van der Waals surface area contributed by atoms with Gasteiger partial charge in [-0.05, 0) is 12.1 Å². The summed E-state index contributed by atoms with van der Waals surface area (Å²) < 4.78 is 1.63. The van der Waals surface area contributed by atoms with Crippen molar-refractivity contribution >= 4 is 29.0 Å². The van der Waals surface area contributed by atoms with Gasteiger partial charge in [0.05, 0.1) is 15.6 Å². The van der Waals surface area contributed by atoms with Gasteiger partial charge in [0.2, 0.25) is 5.78 Å². The van der Waals surface area contributed by atoms with Crippen LogP contribution >= 0.6 is 23.2 Å². The fourth-order valence-electron chi connectivity index (χ4n) is 1.41. The van der Waals surface area contributed by atoms with Gasteiger partial charge in [-0.25, -0.2) is 4.98 Å². The van der Waals surface area contributed by atoms with Crippen LogP contribution in [0.5, 0.6) is 0 Å². The summed E-state index contributed by atoms with van der Waals surface area (Å²) in [7, 11) is 1.74. The van der Waals surface area contributed by atoms with Crippen LogP contribution in [0.15, 0.2) is 30.6 Å². The zero-order valence-electron chi connectivity index (χ0n) is 8.45. The van der Waals surface area contributed by atoms with Crippen molar-refractivity contribution in [3.8, 4) is 0 Å². The van der Waals surface area contributed by atoms with Crippen molar-refractivity contribution in [3.63, 3.8) is 0 Å². The average molecular weight is 255 g/mol. The molecule has 16 heavy (non-hydrogen) atoms. The van der Waals surface area contributed by atoms with E-state index < -0.39 is 0 Å². The normalized spacial score (nSPS) is 10.4. The summed E-state index contributed by atoms with van der Waals surface area (Å²) in [6.07, 6.45) is 3.25. The number of nitrogens with zero attached hydrogens (tertiary/aromatic N) is 2. The summed E-state index contributed by atoms with van der Waals surface area (Å²) in [6, 6.07) is 4.95. The summed E-state index contributed by atoms with van der Waals surface area (Å²) in [6.45, 7) is 0. The zero-order valence-corrected chi connectivity index (χ0v) is 9.96. The molecular formula is C11H8Cl2N2O. The first-order chi connectivity index (χ1) is 7.61. The van der Waals surface area contributed by atoms with Gasteiger partial charge in [0, 0.05) is 19.4 Å². The van der Waals surface area contributed by atoms with E-state index in [-0.39, 0.29) is 5.78 Å². The van der Waals surface area contributed by atoms with Gasteiger partial charge >= 0.3 is 0 Å². The summed E-state index contributed by atoms with van der Waals surface area (Å²) in [5.41, 5.74) is 0.292. The minimum absolute atomic E-state index is 0.275. The Hall–Kier alpha value is -1.32. The van der Waals surface area contributed by atoms with Gasteiger partial charge in [0.1, 0.15) is 0 Å². The van der Waals surface area contributed by atoms with Crippen molar-refractivity contribution in [3.05, 3.63) is 52.0 Å². The first-order valence-corrected chi connectivity index (χ1v) is 5.33. The summed E-state index contributed by atoms with van der Waals surface area (Å²) >= 11 is 11.9. The maximum Gasteiger partial charge on any atom is 0.231 e. The van der Waals surface area contributed by atoms with Crippen molar-refractivity contribution < 1.29 is 4.79 Å². The highest BCUT2D eigenvalue weighted by Crippen LogP contribution is 2.26. The fourth-order valence-corrected chi connectivity index (χ4v) is 1.98. The van der Waals surface area contributed by atoms with E-state index in [1.54, 1.807) is 42.2 Å². The number of halogens is 2. The van der Waals surface area contributed by atoms with Crippen molar-refractivity contribution in [2.24, 2.45) is 7.05 Å². The molecule has 0 aliphatic rings. The van der Waals surface area contributed by atoms with Crippen LogP contribution in [0, 0.1) is 0 Å². The fraction of sp³-hybridized carbons (Fsp3) is 0.0909. The minimum atomic E-state index is -0.275. The van der Waals surface area contributed by atoms with E-state index in [0.717, 1.165) is 0 Å². The Labute approximate surface area is 103 Å². The van der Waals surface area contributed by atoms with E-state index in [2.05, 4.69) is 4.98 Å². The van der Waals surface area contributed by atoms with Crippen LogP contribution < -0.4 is 0 Å². The first kappa shape index (κ1) is 11.2. The molecule has 0 amide bonds. The van der Waals surface area contributed by atoms with Gasteiger partial charge in [-0.2, -0.15) is 0 Å². The molecular weight excluding hydrogens is 247 g/mol. The Morgan fingerprint density at radius 3 is 2.44 bits per heavy atom. The molecule has 0 aliphatic heterocycles. The second kappa shape index (κ2) is 4.28. The Morgan fingerprint density at radius 2 is 1.94 bits per heavy atom. The van der Waals surface area contributed by atoms with Crippen LogP contribution in [0.3, 0.4) is 0 Å². The Bertz CT molecular complexity index is 528. The largest absolute Gasteiger partial charge is 0.331 e. The van der Waals surface area contributed by atoms with Crippen LogP contribution in [0.4, 0.5) is 0 Å². The van der Waals surface area contributed by atoms with E-state index in [9.17, 15) is 4.79 Å². The number of carbonyl (C=O) groups is 1. The molecule has 1 heterocycles. The highest BCUT2D eigenvalue weighted by atomic mass is 35.5. The maximum absolute atomic E-state index is 12.1. The molecule has 0 spiro atoms. The highest BCUT2D eigenvalue weighted by molar-refractivity contribution is 6.40. The predicted octanol–water partition coefficient (Wildman–Crippen LogP) is 2.96. The van der Waals surface area contributed by atoms with E-state index in [1.807, 2.05) is 0 Å². The first-order valence-electron chi connectivity index (χ1n) is 4.57. The number of ketones is 1. The van der Waals surface area contributed by atoms with E-state index in [1.165, 1.54) is 0 Å². The quantitative estimate of drug-likeness (QED) is 0.773. The lowest BCUT2D eigenvalue weighted by Gasteiger charge is -2.05. The molecule has 0 atom stereocenters. The molecule has 5 heteroatoms. The van der Waals surface area contributed by atoms with Gasteiger partial charge < -0.3 is 4.57 Å². The third-order valence-corrected chi connectivity index (χ3v) is 2.84. The third-order valence-electron chi connectivity index (χ3n) is 2.21. The Balaban J connectivity index is 2.54. The number of hydrogen-bond donors (Lipinski definition) is 0. The lowest BCUT2D eigenvalue weighted by molar-refractivity contribution is 0.102. The molecule has 3 nitrogen and oxygen atoms in total. The van der Waals surface area contributed by atoms with E-state index >= 15 is 0 Å². The molecule has 1 aromatic heterocycles. The zero-order chi connectivity index (χ0) is 11.7. The van der Waals surface area contributed by atoms with Crippen molar-refractivity contribution in [1.29, 1.82) is 0 Å². The van der Waals surface area contributed by atoms with Gasteiger partial charge in [0.25, 0.3) is 0 Å². The third kappa shape index (κ3) is 1.84. The molecule has 0 unspecified atom stereocenters. The number of aryl methyl sites for hydroxylation is 1. The lowest BCUT2D eigenvalue weighted by atomic mass is 10.1. The van der Waals surface area contributed by atoms with Gasteiger partial charge in [-0.1, -0.05) is 29.3 Å². The van der Waals surface area contributed by atoms with Crippen LogP contribution in [0.25, 0.3) is 0 Å². The molecule has 0 aliphatic carbocycles. The van der Waals surface area contributed by atoms with Crippen LogP contribution in [0.1, 0.15) is 16.2 Å². The average Bonchev–Trinajstić information content (AvgIpc) is 2.64. The second-order valence-corrected chi connectivity index (χ2v) is 4.10. The van der Waals surface area contributed by atoms with Gasteiger partial charge in [-0.3, -0.25) is 4.79 Å². The van der Waals surface area contributed by atoms with Crippen molar-refractivity contribution in [2.45, 2.75) is 0 Å². The number of rotatable bonds is 2. The molecule has 0 N–H and O–H groups in total. The van der Waals surface area contributed by atoms with Gasteiger partial charge in [-0.15, -0.1) is 0 Å². The molecule has 2 aromatic rings. The maximum atomic E-state index is 12.1.